The van der Waals surface area contributed by atoms with E-state index in [9.17, 15) is 14.9 Å². The molecule has 7 nitrogen and oxygen atoms in total. The van der Waals surface area contributed by atoms with Gasteiger partial charge in [0, 0.05) is 42.6 Å². The van der Waals surface area contributed by atoms with Crippen LogP contribution in [0.5, 0.6) is 0 Å². The number of amides is 1. The number of hydrogen-bond acceptors (Lipinski definition) is 5. The number of hydrogen-bond donors (Lipinski definition) is 1. The minimum atomic E-state index is -0.394. The number of benzene rings is 1. The highest BCUT2D eigenvalue weighted by atomic mass is 16.6. The predicted octanol–water partition coefficient (Wildman–Crippen LogP) is 3.52. The zero-order chi connectivity index (χ0) is 19.6. The molecule has 0 radical (unpaired) electrons. The monoisotopic (exact) mass is 370 g/mol. The number of piperidine rings is 1. The van der Waals surface area contributed by atoms with Crippen molar-refractivity contribution < 1.29 is 9.72 Å². The van der Waals surface area contributed by atoms with Crippen molar-refractivity contribution >= 4 is 28.3 Å². The van der Waals surface area contributed by atoms with Crippen molar-refractivity contribution in [1.29, 1.82) is 0 Å². The van der Waals surface area contributed by atoms with Crippen molar-refractivity contribution in [3.05, 3.63) is 40.4 Å². The Hall–Kier alpha value is -2.70. The first kappa shape index (κ1) is 19.1. The Kier molecular flexibility index (Phi) is 5.30. The number of aromatic nitrogens is 1. The first-order chi connectivity index (χ1) is 12.7. The van der Waals surface area contributed by atoms with Crippen LogP contribution in [0.1, 0.15) is 33.6 Å². The normalized spacial score (nSPS) is 17.7. The van der Waals surface area contributed by atoms with Crippen molar-refractivity contribution in [3.63, 3.8) is 0 Å². The smallest absolute Gasteiger partial charge is 0.270 e. The molecule has 0 bridgehead atoms. The van der Waals surface area contributed by atoms with Gasteiger partial charge in [-0.3, -0.25) is 14.9 Å². The van der Waals surface area contributed by atoms with Crippen molar-refractivity contribution in [1.82, 2.24) is 10.3 Å². The van der Waals surface area contributed by atoms with E-state index in [1.165, 1.54) is 6.07 Å². The number of nitrogens with one attached hydrogen (secondary N) is 1. The molecule has 2 heterocycles. The van der Waals surface area contributed by atoms with Crippen LogP contribution in [-0.2, 0) is 4.79 Å². The van der Waals surface area contributed by atoms with Crippen LogP contribution in [0.3, 0.4) is 0 Å². The molecule has 1 aromatic heterocycles. The second-order valence-electron chi connectivity index (χ2n) is 8.22. The van der Waals surface area contributed by atoms with Crippen LogP contribution in [0.25, 0.3) is 10.9 Å². The first-order valence-corrected chi connectivity index (χ1v) is 9.32. The van der Waals surface area contributed by atoms with Crippen LogP contribution < -0.4 is 10.2 Å². The van der Waals surface area contributed by atoms with Crippen LogP contribution in [-0.4, -0.2) is 35.4 Å². The molecule has 1 aromatic carbocycles. The Balaban J connectivity index is 1.69. The molecule has 27 heavy (non-hydrogen) atoms. The Bertz CT molecular complexity index is 860. The molecule has 1 unspecified atom stereocenters. The summed E-state index contributed by atoms with van der Waals surface area (Å²) < 4.78 is 0. The van der Waals surface area contributed by atoms with E-state index in [4.69, 9.17) is 0 Å². The van der Waals surface area contributed by atoms with Gasteiger partial charge in [0.15, 0.2) is 0 Å². The molecule has 0 aliphatic carbocycles. The van der Waals surface area contributed by atoms with E-state index in [2.05, 4.69) is 15.2 Å². The molecule has 7 heteroatoms. The van der Waals surface area contributed by atoms with E-state index in [1.807, 2.05) is 32.9 Å². The maximum atomic E-state index is 12.1. The maximum absolute atomic E-state index is 12.1. The van der Waals surface area contributed by atoms with Gasteiger partial charge in [-0.1, -0.05) is 20.8 Å². The third kappa shape index (κ3) is 4.53. The fraction of sp³-hybridized carbons (Fsp3) is 0.500. The van der Waals surface area contributed by atoms with Crippen LogP contribution in [0, 0.1) is 21.4 Å². The Labute approximate surface area is 158 Å². The second kappa shape index (κ2) is 7.50. The van der Waals surface area contributed by atoms with Gasteiger partial charge in [-0.2, -0.15) is 0 Å². The highest BCUT2D eigenvalue weighted by molar-refractivity contribution is 5.83. The average Bonchev–Trinajstić information content (AvgIpc) is 2.64. The van der Waals surface area contributed by atoms with Crippen molar-refractivity contribution in [3.8, 4) is 0 Å². The molecule has 1 aliphatic rings. The largest absolute Gasteiger partial charge is 0.356 e. The minimum absolute atomic E-state index is 0.0738. The highest BCUT2D eigenvalue weighted by Crippen LogP contribution is 2.26. The summed E-state index contributed by atoms with van der Waals surface area (Å²) in [6, 6.07) is 8.53. The summed E-state index contributed by atoms with van der Waals surface area (Å²) in [7, 11) is 0. The van der Waals surface area contributed by atoms with E-state index in [1.54, 1.807) is 12.1 Å². The van der Waals surface area contributed by atoms with Gasteiger partial charge in [-0.05, 0) is 37.0 Å². The van der Waals surface area contributed by atoms with Gasteiger partial charge in [0.2, 0.25) is 5.91 Å². The number of carbonyl (C=O) groups excluding carboxylic acids is 1. The molecule has 2 aromatic rings. The van der Waals surface area contributed by atoms with Crippen molar-refractivity contribution in [2.24, 2.45) is 11.3 Å². The molecular formula is C20H26N4O3. The number of fused-ring (bicyclic) bond motifs is 1. The number of nitro groups is 1. The lowest BCUT2D eigenvalue weighted by Crippen LogP contribution is -2.43. The van der Waals surface area contributed by atoms with Crippen LogP contribution >= 0.6 is 0 Å². The zero-order valence-corrected chi connectivity index (χ0v) is 16.1. The van der Waals surface area contributed by atoms with E-state index >= 15 is 0 Å². The molecule has 0 spiro atoms. The molecule has 1 amide bonds. The lowest BCUT2D eigenvalue weighted by atomic mass is 9.94. The van der Waals surface area contributed by atoms with Gasteiger partial charge in [-0.15, -0.1) is 0 Å². The summed E-state index contributed by atoms with van der Waals surface area (Å²) in [6.45, 7) is 8.19. The molecule has 3 rings (SSSR count). The molecular weight excluding hydrogens is 344 g/mol. The summed E-state index contributed by atoms with van der Waals surface area (Å²) in [6.07, 6.45) is 2.14. The third-order valence-corrected chi connectivity index (χ3v) is 4.94. The predicted molar refractivity (Wildman–Crippen MR) is 106 cm³/mol. The van der Waals surface area contributed by atoms with E-state index in [-0.39, 0.29) is 17.0 Å². The number of pyridine rings is 1. The lowest BCUT2D eigenvalue weighted by molar-refractivity contribution is -0.384. The summed E-state index contributed by atoms with van der Waals surface area (Å²) >= 11 is 0. The number of anilines is 1. The summed E-state index contributed by atoms with van der Waals surface area (Å²) in [5.74, 6) is 1.34. The van der Waals surface area contributed by atoms with Gasteiger partial charge in [0.05, 0.1) is 10.4 Å². The fourth-order valence-corrected chi connectivity index (χ4v) is 3.33. The molecule has 1 N–H and O–H groups in total. The number of non-ortho nitro benzene ring substituents is 1. The number of nitrogens with zero attached hydrogens (tertiary/aromatic N) is 3. The minimum Gasteiger partial charge on any atom is -0.356 e. The van der Waals surface area contributed by atoms with E-state index < -0.39 is 4.92 Å². The SMILES string of the molecule is CC(C)(C)C(=O)NCC1CCCN(c2ccc3cc([N+](=O)[O-])ccc3n2)C1. The molecule has 0 saturated carbocycles. The van der Waals surface area contributed by atoms with Crippen molar-refractivity contribution in [2.45, 2.75) is 33.6 Å². The molecule has 1 aliphatic heterocycles. The van der Waals surface area contributed by atoms with Crippen molar-refractivity contribution in [2.75, 3.05) is 24.5 Å². The Morgan fingerprint density at radius 1 is 1.33 bits per heavy atom. The Morgan fingerprint density at radius 2 is 2.11 bits per heavy atom. The molecule has 1 saturated heterocycles. The quantitative estimate of drug-likeness (QED) is 0.657. The summed E-state index contributed by atoms with van der Waals surface area (Å²) in [5.41, 5.74) is 0.447. The van der Waals surface area contributed by atoms with E-state index in [0.29, 0.717) is 12.5 Å². The molecule has 1 atom stereocenters. The maximum Gasteiger partial charge on any atom is 0.270 e. The van der Waals surface area contributed by atoms with Gasteiger partial charge >= 0.3 is 0 Å². The number of nitro benzene ring substituents is 1. The van der Waals surface area contributed by atoms with Crippen LogP contribution in [0.15, 0.2) is 30.3 Å². The highest BCUT2D eigenvalue weighted by Gasteiger charge is 2.25. The van der Waals surface area contributed by atoms with Gasteiger partial charge in [-0.25, -0.2) is 4.98 Å². The lowest BCUT2D eigenvalue weighted by Gasteiger charge is -2.34. The molecule has 1 fully saturated rings. The Morgan fingerprint density at radius 3 is 2.81 bits per heavy atom. The molecule has 144 valence electrons. The second-order valence-corrected chi connectivity index (χ2v) is 8.22. The summed E-state index contributed by atoms with van der Waals surface area (Å²) in [4.78, 5) is 29.5. The van der Waals surface area contributed by atoms with E-state index in [0.717, 1.165) is 42.7 Å². The summed E-state index contributed by atoms with van der Waals surface area (Å²) in [5, 5.41) is 14.7. The number of rotatable bonds is 4. The van der Waals surface area contributed by atoms with Gasteiger partial charge < -0.3 is 10.2 Å². The third-order valence-electron chi connectivity index (χ3n) is 4.94. The number of carbonyl (C=O) groups is 1. The first-order valence-electron chi connectivity index (χ1n) is 9.32. The average molecular weight is 370 g/mol. The van der Waals surface area contributed by atoms with Crippen LogP contribution in [0.2, 0.25) is 0 Å². The standard InChI is InChI=1S/C20H26N4O3/c1-20(2,3)19(25)21-12-14-5-4-10-23(13-14)18-9-6-15-11-16(24(26)27)7-8-17(15)22-18/h6-9,11,14H,4-5,10,12-13H2,1-3H3,(H,21,25). The van der Waals surface area contributed by atoms with Gasteiger partial charge in [0.25, 0.3) is 5.69 Å². The zero-order valence-electron chi connectivity index (χ0n) is 16.1. The van der Waals surface area contributed by atoms with Gasteiger partial charge in [0.1, 0.15) is 5.82 Å². The topological polar surface area (TPSA) is 88.4 Å². The fourth-order valence-electron chi connectivity index (χ4n) is 3.33. The van der Waals surface area contributed by atoms with Crippen LogP contribution in [0.4, 0.5) is 11.5 Å².